The second-order valence-corrected chi connectivity index (χ2v) is 1.88. The fourth-order valence-corrected chi connectivity index (χ4v) is 0.435. The predicted octanol–water partition coefficient (Wildman–Crippen LogP) is 1.57. The van der Waals surface area contributed by atoms with Gasteiger partial charge in [0.2, 0.25) is 0 Å². The molecule has 0 fully saturated rings. The molecular formula is C6H11FO. The van der Waals surface area contributed by atoms with Crippen molar-refractivity contribution in [2.24, 2.45) is 5.92 Å². The number of alkyl halides is 1. The maximum Gasteiger partial charge on any atom is 0.138 e. The van der Waals surface area contributed by atoms with Crippen LogP contribution in [0.3, 0.4) is 0 Å². The summed E-state index contributed by atoms with van der Waals surface area (Å²) < 4.78 is 11.6. The summed E-state index contributed by atoms with van der Waals surface area (Å²) >= 11 is 0. The van der Waals surface area contributed by atoms with Crippen LogP contribution < -0.4 is 0 Å². The highest BCUT2D eigenvalue weighted by Crippen LogP contribution is 1.99. The molecular weight excluding hydrogens is 107 g/mol. The molecule has 0 aromatic heterocycles. The summed E-state index contributed by atoms with van der Waals surface area (Å²) in [5.41, 5.74) is 0. The lowest BCUT2D eigenvalue weighted by Gasteiger charge is -1.99. The van der Waals surface area contributed by atoms with Gasteiger partial charge in [-0.3, -0.25) is 9.18 Å². The molecule has 0 rings (SSSR count). The Labute approximate surface area is 48.9 Å². The smallest absolute Gasteiger partial charge is 0.138 e. The third-order valence-electron chi connectivity index (χ3n) is 1.13. The highest BCUT2D eigenvalue weighted by atomic mass is 19.1. The Morgan fingerprint density at radius 1 is 1.75 bits per heavy atom. The van der Waals surface area contributed by atoms with Crippen LogP contribution in [-0.2, 0) is 4.79 Å². The molecule has 8 heavy (non-hydrogen) atoms. The van der Waals surface area contributed by atoms with Crippen LogP contribution in [0.25, 0.3) is 0 Å². The molecule has 48 valence electrons. The van der Waals surface area contributed by atoms with Gasteiger partial charge in [-0.15, -0.1) is 0 Å². The summed E-state index contributed by atoms with van der Waals surface area (Å²) in [5, 5.41) is 0. The largest absolute Gasteiger partial charge is 0.299 e. The van der Waals surface area contributed by atoms with E-state index in [-0.39, 0.29) is 11.7 Å². The molecule has 2 heteroatoms. The molecule has 0 saturated heterocycles. The number of rotatable bonds is 3. The molecule has 1 unspecified atom stereocenters. The molecule has 0 heterocycles. The first-order valence-electron chi connectivity index (χ1n) is 2.81. The van der Waals surface area contributed by atoms with Crippen molar-refractivity contribution in [1.29, 1.82) is 0 Å². The third kappa shape index (κ3) is 2.05. The molecule has 1 nitrogen and oxygen atoms in total. The first-order chi connectivity index (χ1) is 3.72. The van der Waals surface area contributed by atoms with Crippen LogP contribution >= 0.6 is 0 Å². The Morgan fingerprint density at radius 2 is 2.25 bits per heavy atom. The van der Waals surface area contributed by atoms with Crippen molar-refractivity contribution in [1.82, 2.24) is 0 Å². The molecule has 1 atom stereocenters. The van der Waals surface area contributed by atoms with Crippen LogP contribution in [-0.4, -0.2) is 12.5 Å². The number of carbonyl (C=O) groups excluding carboxylic acids is 1. The van der Waals surface area contributed by atoms with Crippen molar-refractivity contribution in [2.75, 3.05) is 6.67 Å². The first kappa shape index (κ1) is 7.60. The molecule has 0 spiro atoms. The van der Waals surface area contributed by atoms with Crippen LogP contribution in [0.5, 0.6) is 0 Å². The molecule has 0 aliphatic carbocycles. The molecule has 0 aromatic rings. The van der Waals surface area contributed by atoms with E-state index in [4.69, 9.17) is 0 Å². The molecule has 0 radical (unpaired) electrons. The summed E-state index contributed by atoms with van der Waals surface area (Å²) in [4.78, 5) is 10.5. The van der Waals surface area contributed by atoms with Gasteiger partial charge >= 0.3 is 0 Å². The maximum atomic E-state index is 11.6. The summed E-state index contributed by atoms with van der Waals surface area (Å²) in [5.74, 6) is -0.382. The van der Waals surface area contributed by atoms with E-state index in [0.29, 0.717) is 6.42 Å². The van der Waals surface area contributed by atoms with Gasteiger partial charge in [0, 0.05) is 12.3 Å². The Balaban J connectivity index is 3.46. The van der Waals surface area contributed by atoms with Crippen LogP contribution in [0.15, 0.2) is 0 Å². The highest BCUT2D eigenvalue weighted by Gasteiger charge is 2.08. The zero-order valence-corrected chi connectivity index (χ0v) is 5.28. The average molecular weight is 118 g/mol. The first-order valence-corrected chi connectivity index (χ1v) is 2.81. The molecule has 0 saturated carbocycles. The van der Waals surface area contributed by atoms with E-state index in [1.807, 2.05) is 0 Å². The van der Waals surface area contributed by atoms with Gasteiger partial charge in [0.1, 0.15) is 5.78 Å². The van der Waals surface area contributed by atoms with Gasteiger partial charge in [-0.25, -0.2) is 0 Å². The van der Waals surface area contributed by atoms with Gasteiger partial charge in [0.15, 0.2) is 0 Å². The lowest BCUT2D eigenvalue weighted by atomic mass is 10.1. The maximum absolute atomic E-state index is 11.6. The lowest BCUT2D eigenvalue weighted by molar-refractivity contribution is -0.122. The summed E-state index contributed by atoms with van der Waals surface area (Å²) in [6.07, 6.45) is 0.449. The van der Waals surface area contributed by atoms with Crippen molar-refractivity contribution in [3.05, 3.63) is 0 Å². The van der Waals surface area contributed by atoms with Crippen molar-refractivity contribution < 1.29 is 9.18 Å². The number of Topliss-reactive ketones (excluding diaryl/α,β-unsaturated/α-hetero) is 1. The number of hydrogen-bond donors (Lipinski definition) is 0. The zero-order valence-electron chi connectivity index (χ0n) is 5.28. The van der Waals surface area contributed by atoms with Crippen molar-refractivity contribution in [2.45, 2.75) is 20.3 Å². The van der Waals surface area contributed by atoms with Crippen LogP contribution in [0, 0.1) is 5.92 Å². The van der Waals surface area contributed by atoms with E-state index in [0.717, 1.165) is 0 Å². The normalized spacial score (nSPS) is 13.4. The number of carbonyl (C=O) groups is 1. The molecule has 0 N–H and O–H groups in total. The van der Waals surface area contributed by atoms with E-state index in [1.54, 1.807) is 13.8 Å². The Hall–Kier alpha value is -0.400. The second-order valence-electron chi connectivity index (χ2n) is 1.88. The van der Waals surface area contributed by atoms with Gasteiger partial charge in [-0.2, -0.15) is 0 Å². The minimum Gasteiger partial charge on any atom is -0.299 e. The molecule has 0 aromatic carbocycles. The van der Waals surface area contributed by atoms with Crippen molar-refractivity contribution in [3.8, 4) is 0 Å². The van der Waals surface area contributed by atoms with Gasteiger partial charge < -0.3 is 0 Å². The van der Waals surface area contributed by atoms with Crippen molar-refractivity contribution in [3.63, 3.8) is 0 Å². The molecule has 0 bridgehead atoms. The van der Waals surface area contributed by atoms with E-state index >= 15 is 0 Å². The van der Waals surface area contributed by atoms with Crippen LogP contribution in [0.4, 0.5) is 4.39 Å². The summed E-state index contributed by atoms with van der Waals surface area (Å²) in [6, 6.07) is 0. The van der Waals surface area contributed by atoms with Crippen LogP contribution in [0.2, 0.25) is 0 Å². The van der Waals surface area contributed by atoms with Crippen LogP contribution in [0.1, 0.15) is 20.3 Å². The highest BCUT2D eigenvalue weighted by molar-refractivity contribution is 5.80. The third-order valence-corrected chi connectivity index (χ3v) is 1.13. The fourth-order valence-electron chi connectivity index (χ4n) is 0.435. The minimum absolute atomic E-state index is 0.00694. The van der Waals surface area contributed by atoms with Gasteiger partial charge in [0.05, 0.1) is 6.67 Å². The lowest BCUT2D eigenvalue weighted by Crippen LogP contribution is -2.10. The SMILES string of the molecule is CCC(=O)C(C)CF. The monoisotopic (exact) mass is 118 g/mol. The Morgan fingerprint density at radius 3 is 2.38 bits per heavy atom. The van der Waals surface area contributed by atoms with Gasteiger partial charge in [-0.1, -0.05) is 13.8 Å². The zero-order chi connectivity index (χ0) is 6.57. The number of ketones is 1. The quantitative estimate of drug-likeness (QED) is 0.549. The van der Waals surface area contributed by atoms with E-state index in [9.17, 15) is 9.18 Å². The topological polar surface area (TPSA) is 17.1 Å². The Kier molecular flexibility index (Phi) is 3.40. The standard InChI is InChI=1S/C6H11FO/c1-3-6(8)5(2)4-7/h5H,3-4H2,1-2H3. The molecule has 0 amide bonds. The summed E-state index contributed by atoms with van der Waals surface area (Å²) in [7, 11) is 0. The van der Waals surface area contributed by atoms with Crippen molar-refractivity contribution >= 4 is 5.78 Å². The average Bonchev–Trinajstić information content (AvgIpc) is 1.84. The number of halogens is 1. The van der Waals surface area contributed by atoms with E-state index < -0.39 is 6.67 Å². The fraction of sp³-hybridized carbons (Fsp3) is 0.833. The minimum atomic E-state index is -0.521. The van der Waals surface area contributed by atoms with E-state index in [2.05, 4.69) is 0 Å². The predicted molar refractivity (Wildman–Crippen MR) is 30.4 cm³/mol. The summed E-state index contributed by atoms with van der Waals surface area (Å²) in [6.45, 7) is 2.83. The van der Waals surface area contributed by atoms with E-state index in [1.165, 1.54) is 0 Å². The number of hydrogen-bond acceptors (Lipinski definition) is 1. The molecule has 0 aliphatic heterocycles. The Bertz CT molecular complexity index is 80.6. The second kappa shape index (κ2) is 3.58. The molecule has 0 aliphatic rings. The van der Waals surface area contributed by atoms with Gasteiger partial charge in [0.25, 0.3) is 0 Å². The van der Waals surface area contributed by atoms with Gasteiger partial charge in [-0.05, 0) is 0 Å².